The Hall–Kier alpha value is -0.800. The molecule has 0 unspecified atom stereocenters. The van der Waals surface area contributed by atoms with Gasteiger partial charge in [-0.15, -0.1) is 11.6 Å². The van der Waals surface area contributed by atoms with Crippen LogP contribution in [0.15, 0.2) is 41.1 Å². The Kier molecular flexibility index (Phi) is 3.44. The Morgan fingerprint density at radius 1 is 1.33 bits per heavy atom. The second-order valence-corrected chi connectivity index (χ2v) is 4.42. The molecular weight excluding hydrogens is 275 g/mol. The van der Waals surface area contributed by atoms with Gasteiger partial charge < -0.3 is 0 Å². The average molecular weight is 286 g/mol. The maximum Gasteiger partial charge on any atom is 0.0787 e. The third-order valence-electron chi connectivity index (χ3n) is 2.12. The highest BCUT2D eigenvalue weighted by Gasteiger charge is 2.03. The van der Waals surface area contributed by atoms with Gasteiger partial charge in [0.25, 0.3) is 0 Å². The third kappa shape index (κ3) is 2.41. The van der Waals surface area contributed by atoms with Crippen molar-refractivity contribution in [2.75, 3.05) is 5.88 Å². The number of para-hydroxylation sites is 1. The van der Waals surface area contributed by atoms with Gasteiger partial charge in [0.1, 0.15) is 0 Å². The van der Waals surface area contributed by atoms with Crippen LogP contribution in [-0.4, -0.2) is 15.7 Å². The molecule has 0 saturated heterocycles. The van der Waals surface area contributed by atoms with Crippen LogP contribution in [0.4, 0.5) is 0 Å². The lowest BCUT2D eigenvalue weighted by atomic mass is 10.3. The van der Waals surface area contributed by atoms with Crippen LogP contribution in [0.3, 0.4) is 0 Å². The molecule has 78 valence electrons. The van der Waals surface area contributed by atoms with Crippen molar-refractivity contribution >= 4 is 27.5 Å². The molecule has 0 saturated carbocycles. The van der Waals surface area contributed by atoms with Crippen LogP contribution in [0.2, 0.25) is 0 Å². The Bertz CT molecular complexity index is 453. The van der Waals surface area contributed by atoms with E-state index in [1.165, 1.54) is 0 Å². The molecule has 2 nitrogen and oxygen atoms in total. The summed E-state index contributed by atoms with van der Waals surface area (Å²) < 4.78 is 2.89. The van der Waals surface area contributed by atoms with E-state index in [0.717, 1.165) is 22.1 Å². The number of aryl methyl sites for hydroxylation is 1. The summed E-state index contributed by atoms with van der Waals surface area (Å²) in [5.74, 6) is 0.627. The zero-order valence-corrected chi connectivity index (χ0v) is 10.4. The van der Waals surface area contributed by atoms with Crippen molar-refractivity contribution in [3.8, 4) is 5.69 Å². The number of aromatic nitrogens is 2. The van der Waals surface area contributed by atoms with Gasteiger partial charge in [0.05, 0.1) is 11.9 Å². The summed E-state index contributed by atoms with van der Waals surface area (Å²) in [6.45, 7) is 0. The van der Waals surface area contributed by atoms with Crippen molar-refractivity contribution in [2.45, 2.75) is 6.42 Å². The van der Waals surface area contributed by atoms with Gasteiger partial charge in [-0.2, -0.15) is 5.10 Å². The van der Waals surface area contributed by atoms with E-state index in [2.05, 4.69) is 21.0 Å². The minimum atomic E-state index is 0.627. The Morgan fingerprint density at radius 2 is 2.13 bits per heavy atom. The first-order chi connectivity index (χ1) is 7.31. The molecule has 0 atom stereocenters. The minimum absolute atomic E-state index is 0.627. The fourth-order valence-corrected chi connectivity index (χ4v) is 2.05. The number of halogens is 2. The van der Waals surface area contributed by atoms with Gasteiger partial charge in [0.2, 0.25) is 0 Å². The highest BCUT2D eigenvalue weighted by atomic mass is 79.9. The molecule has 2 aromatic rings. The van der Waals surface area contributed by atoms with Crippen molar-refractivity contribution in [3.05, 3.63) is 46.7 Å². The molecular formula is C11H10BrClN2. The molecule has 0 aliphatic heterocycles. The molecule has 1 aromatic carbocycles. The largest absolute Gasteiger partial charge is 0.240 e. The zero-order valence-electron chi connectivity index (χ0n) is 8.03. The van der Waals surface area contributed by atoms with Crippen molar-refractivity contribution < 1.29 is 0 Å². The summed E-state index contributed by atoms with van der Waals surface area (Å²) in [6.07, 6.45) is 4.70. The van der Waals surface area contributed by atoms with Crippen LogP contribution < -0.4 is 0 Å². The lowest BCUT2D eigenvalue weighted by molar-refractivity contribution is 0.875. The first kappa shape index (κ1) is 10.7. The van der Waals surface area contributed by atoms with Crippen LogP contribution in [0, 0.1) is 0 Å². The SMILES string of the molecule is ClCCc1cnn(-c2ccccc2Br)c1. The normalized spacial score (nSPS) is 10.5. The van der Waals surface area contributed by atoms with Crippen molar-refractivity contribution in [2.24, 2.45) is 0 Å². The summed E-state index contributed by atoms with van der Waals surface area (Å²) in [5, 5.41) is 4.29. The van der Waals surface area contributed by atoms with Gasteiger partial charge >= 0.3 is 0 Å². The molecule has 4 heteroatoms. The summed E-state index contributed by atoms with van der Waals surface area (Å²) >= 11 is 9.17. The van der Waals surface area contributed by atoms with Crippen molar-refractivity contribution in [1.29, 1.82) is 0 Å². The Balaban J connectivity index is 2.33. The molecule has 1 heterocycles. The van der Waals surface area contributed by atoms with E-state index < -0.39 is 0 Å². The van der Waals surface area contributed by atoms with Gasteiger partial charge in [0, 0.05) is 16.5 Å². The molecule has 1 aromatic heterocycles. The number of hydrogen-bond donors (Lipinski definition) is 0. The number of alkyl halides is 1. The van der Waals surface area contributed by atoms with Crippen LogP contribution in [0.25, 0.3) is 5.69 Å². The summed E-state index contributed by atoms with van der Waals surface area (Å²) in [6, 6.07) is 7.99. The maximum atomic E-state index is 5.68. The van der Waals surface area contributed by atoms with E-state index in [1.54, 1.807) is 0 Å². The Morgan fingerprint density at radius 3 is 2.87 bits per heavy atom. The van der Waals surface area contributed by atoms with Crippen molar-refractivity contribution in [1.82, 2.24) is 9.78 Å². The van der Waals surface area contributed by atoms with Crippen LogP contribution in [0.5, 0.6) is 0 Å². The van der Waals surface area contributed by atoms with Gasteiger partial charge in [-0.05, 0) is 40.0 Å². The monoisotopic (exact) mass is 284 g/mol. The number of benzene rings is 1. The third-order valence-corrected chi connectivity index (χ3v) is 2.98. The van der Waals surface area contributed by atoms with E-state index in [1.807, 2.05) is 41.3 Å². The topological polar surface area (TPSA) is 17.8 Å². The smallest absolute Gasteiger partial charge is 0.0787 e. The lowest BCUT2D eigenvalue weighted by Crippen LogP contribution is -1.94. The number of hydrogen-bond acceptors (Lipinski definition) is 1. The second kappa shape index (κ2) is 4.81. The molecule has 0 radical (unpaired) electrons. The molecule has 15 heavy (non-hydrogen) atoms. The molecule has 0 bridgehead atoms. The van der Waals surface area contributed by atoms with Gasteiger partial charge in [-0.3, -0.25) is 0 Å². The molecule has 0 aliphatic carbocycles. The van der Waals surface area contributed by atoms with Crippen LogP contribution in [0.1, 0.15) is 5.56 Å². The maximum absolute atomic E-state index is 5.68. The molecule has 0 aliphatic rings. The van der Waals surface area contributed by atoms with Crippen molar-refractivity contribution in [3.63, 3.8) is 0 Å². The van der Waals surface area contributed by atoms with Gasteiger partial charge in [0.15, 0.2) is 0 Å². The molecule has 0 amide bonds. The van der Waals surface area contributed by atoms with Crippen LogP contribution >= 0.6 is 27.5 Å². The zero-order chi connectivity index (χ0) is 10.7. The second-order valence-electron chi connectivity index (χ2n) is 3.18. The highest BCUT2D eigenvalue weighted by molar-refractivity contribution is 9.10. The summed E-state index contributed by atoms with van der Waals surface area (Å²) in [5.41, 5.74) is 2.19. The van der Waals surface area contributed by atoms with E-state index in [9.17, 15) is 0 Å². The predicted octanol–water partition coefficient (Wildman–Crippen LogP) is 3.42. The summed E-state index contributed by atoms with van der Waals surface area (Å²) in [4.78, 5) is 0. The van der Waals surface area contributed by atoms with Gasteiger partial charge in [-0.25, -0.2) is 4.68 Å². The molecule has 0 spiro atoms. The average Bonchev–Trinajstić information content (AvgIpc) is 2.68. The predicted molar refractivity (Wildman–Crippen MR) is 65.7 cm³/mol. The fourth-order valence-electron chi connectivity index (χ4n) is 1.37. The van der Waals surface area contributed by atoms with Gasteiger partial charge in [-0.1, -0.05) is 12.1 Å². The van der Waals surface area contributed by atoms with E-state index in [0.29, 0.717) is 5.88 Å². The summed E-state index contributed by atoms with van der Waals surface area (Å²) in [7, 11) is 0. The first-order valence-corrected chi connectivity index (χ1v) is 5.98. The highest BCUT2D eigenvalue weighted by Crippen LogP contribution is 2.20. The molecule has 0 fully saturated rings. The quantitative estimate of drug-likeness (QED) is 0.790. The van der Waals surface area contributed by atoms with E-state index >= 15 is 0 Å². The molecule has 2 rings (SSSR count). The van der Waals surface area contributed by atoms with E-state index in [-0.39, 0.29) is 0 Å². The standard InChI is InChI=1S/C11H10BrClN2/c12-10-3-1-2-4-11(10)15-8-9(5-6-13)7-14-15/h1-4,7-8H,5-6H2. The molecule has 0 N–H and O–H groups in total. The number of rotatable bonds is 3. The lowest BCUT2D eigenvalue weighted by Gasteiger charge is -2.02. The van der Waals surface area contributed by atoms with Crippen LogP contribution in [-0.2, 0) is 6.42 Å². The van der Waals surface area contributed by atoms with E-state index in [4.69, 9.17) is 11.6 Å². The fraction of sp³-hybridized carbons (Fsp3) is 0.182. The Labute approximate surface area is 102 Å². The first-order valence-electron chi connectivity index (χ1n) is 4.65. The minimum Gasteiger partial charge on any atom is -0.240 e. The number of nitrogens with zero attached hydrogens (tertiary/aromatic N) is 2.